The Balaban J connectivity index is 2.44. The molecule has 0 aliphatic carbocycles. The third-order valence-electron chi connectivity index (χ3n) is 2.83. The van der Waals surface area contributed by atoms with Crippen LogP contribution in [-0.4, -0.2) is 33.3 Å². The Hall–Kier alpha value is -1.85. The molecule has 19 heavy (non-hydrogen) atoms. The fourth-order valence-electron chi connectivity index (χ4n) is 1.76. The van der Waals surface area contributed by atoms with Crippen molar-refractivity contribution in [2.75, 3.05) is 6.54 Å². The first-order valence-corrected chi connectivity index (χ1v) is 6.65. The number of carbonyl (C=O) groups is 2. The van der Waals surface area contributed by atoms with Crippen molar-refractivity contribution in [2.45, 2.75) is 46.1 Å². The smallest absolute Gasteiger partial charge is 0.303 e. The van der Waals surface area contributed by atoms with Crippen molar-refractivity contribution in [2.24, 2.45) is 0 Å². The van der Waals surface area contributed by atoms with Gasteiger partial charge in [0.05, 0.1) is 5.69 Å². The number of carboxylic acids is 1. The minimum Gasteiger partial charge on any atom is -0.481 e. The van der Waals surface area contributed by atoms with E-state index in [-0.39, 0.29) is 12.3 Å². The van der Waals surface area contributed by atoms with Crippen LogP contribution in [0.3, 0.4) is 0 Å². The molecule has 0 saturated carbocycles. The molecule has 0 atom stereocenters. The third-order valence-corrected chi connectivity index (χ3v) is 2.83. The van der Waals surface area contributed by atoms with Gasteiger partial charge in [-0.25, -0.2) is 0 Å². The minimum absolute atomic E-state index is 0.142. The Morgan fingerprint density at radius 3 is 2.68 bits per heavy atom. The van der Waals surface area contributed by atoms with Gasteiger partial charge in [0, 0.05) is 19.5 Å². The molecular formula is C13H21N3O3. The molecule has 0 fully saturated rings. The number of hydrogen-bond donors (Lipinski definition) is 2. The predicted octanol–water partition coefficient (Wildman–Crippen LogP) is 1.45. The summed E-state index contributed by atoms with van der Waals surface area (Å²) in [5, 5.41) is 15.6. The average molecular weight is 267 g/mol. The van der Waals surface area contributed by atoms with E-state index in [9.17, 15) is 9.59 Å². The molecule has 0 unspecified atom stereocenters. The summed E-state index contributed by atoms with van der Waals surface area (Å²) in [4.78, 5) is 22.3. The first-order valence-electron chi connectivity index (χ1n) is 6.65. The highest BCUT2D eigenvalue weighted by Crippen LogP contribution is 2.05. The summed E-state index contributed by atoms with van der Waals surface area (Å²) in [6.45, 7) is 5.08. The van der Waals surface area contributed by atoms with E-state index in [4.69, 9.17) is 5.11 Å². The molecule has 1 aromatic rings. The number of unbranched alkanes of at least 4 members (excludes halogenated alkanes) is 1. The molecule has 0 aliphatic rings. The van der Waals surface area contributed by atoms with Crippen LogP contribution in [0.25, 0.3) is 0 Å². The SMILES string of the molecule is CCc1cc(C(=O)NCCCCC(=O)O)n(CC)n1. The van der Waals surface area contributed by atoms with Crippen LogP contribution in [0.5, 0.6) is 0 Å². The lowest BCUT2D eigenvalue weighted by atomic mass is 10.2. The van der Waals surface area contributed by atoms with E-state index < -0.39 is 5.97 Å². The number of nitrogens with zero attached hydrogens (tertiary/aromatic N) is 2. The molecule has 1 heterocycles. The topological polar surface area (TPSA) is 84.2 Å². The number of rotatable bonds is 8. The van der Waals surface area contributed by atoms with Crippen molar-refractivity contribution in [3.63, 3.8) is 0 Å². The summed E-state index contributed by atoms with van der Waals surface area (Å²) >= 11 is 0. The lowest BCUT2D eigenvalue weighted by Gasteiger charge is -2.06. The summed E-state index contributed by atoms with van der Waals surface area (Å²) in [6.07, 6.45) is 2.18. The summed E-state index contributed by atoms with van der Waals surface area (Å²) in [7, 11) is 0. The number of nitrogens with one attached hydrogen (secondary N) is 1. The molecule has 0 bridgehead atoms. The Bertz CT molecular complexity index is 440. The van der Waals surface area contributed by atoms with Crippen molar-refractivity contribution in [3.05, 3.63) is 17.5 Å². The van der Waals surface area contributed by atoms with E-state index in [0.29, 0.717) is 31.6 Å². The zero-order chi connectivity index (χ0) is 14.3. The van der Waals surface area contributed by atoms with E-state index >= 15 is 0 Å². The van der Waals surface area contributed by atoms with Gasteiger partial charge in [0.2, 0.25) is 0 Å². The number of carboxylic acid groups (broad SMARTS) is 1. The van der Waals surface area contributed by atoms with E-state index in [1.165, 1.54) is 0 Å². The van der Waals surface area contributed by atoms with Gasteiger partial charge in [0.1, 0.15) is 5.69 Å². The number of hydrogen-bond acceptors (Lipinski definition) is 3. The largest absolute Gasteiger partial charge is 0.481 e. The maximum Gasteiger partial charge on any atom is 0.303 e. The fraction of sp³-hybridized carbons (Fsp3) is 0.615. The van der Waals surface area contributed by atoms with Crippen LogP contribution in [0.1, 0.15) is 49.3 Å². The first-order chi connectivity index (χ1) is 9.08. The van der Waals surface area contributed by atoms with Crippen LogP contribution in [0.4, 0.5) is 0 Å². The average Bonchev–Trinajstić information content (AvgIpc) is 2.81. The van der Waals surface area contributed by atoms with Gasteiger partial charge in [-0.15, -0.1) is 0 Å². The molecule has 1 rings (SSSR count). The molecule has 0 spiro atoms. The zero-order valence-electron chi connectivity index (χ0n) is 11.5. The highest BCUT2D eigenvalue weighted by atomic mass is 16.4. The second-order valence-electron chi connectivity index (χ2n) is 4.30. The molecule has 0 aliphatic heterocycles. The molecule has 6 heteroatoms. The van der Waals surface area contributed by atoms with Crippen molar-refractivity contribution < 1.29 is 14.7 Å². The van der Waals surface area contributed by atoms with Crippen LogP contribution >= 0.6 is 0 Å². The van der Waals surface area contributed by atoms with Crippen molar-refractivity contribution >= 4 is 11.9 Å². The number of aryl methyl sites for hydroxylation is 2. The molecule has 1 aromatic heterocycles. The van der Waals surface area contributed by atoms with Crippen molar-refractivity contribution in [3.8, 4) is 0 Å². The van der Waals surface area contributed by atoms with Gasteiger partial charge in [0.25, 0.3) is 5.91 Å². The molecule has 1 amide bonds. The van der Waals surface area contributed by atoms with Gasteiger partial charge in [-0.3, -0.25) is 14.3 Å². The lowest BCUT2D eigenvalue weighted by Crippen LogP contribution is -2.27. The minimum atomic E-state index is -0.803. The van der Waals surface area contributed by atoms with Crippen LogP contribution in [0, 0.1) is 0 Å². The highest BCUT2D eigenvalue weighted by molar-refractivity contribution is 5.92. The number of carbonyl (C=O) groups excluding carboxylic acids is 1. The second-order valence-corrected chi connectivity index (χ2v) is 4.30. The van der Waals surface area contributed by atoms with Gasteiger partial charge in [-0.1, -0.05) is 6.92 Å². The second kappa shape index (κ2) is 7.56. The van der Waals surface area contributed by atoms with Gasteiger partial charge in [0.15, 0.2) is 0 Å². The van der Waals surface area contributed by atoms with Crippen LogP contribution in [0.2, 0.25) is 0 Å². The summed E-state index contributed by atoms with van der Waals surface area (Å²) < 4.78 is 1.69. The monoisotopic (exact) mass is 267 g/mol. The van der Waals surface area contributed by atoms with Gasteiger partial charge < -0.3 is 10.4 Å². The standard InChI is InChI=1S/C13H21N3O3/c1-3-10-9-11(16(4-2)15-10)13(19)14-8-6-5-7-12(17)18/h9H,3-8H2,1-2H3,(H,14,19)(H,17,18). The lowest BCUT2D eigenvalue weighted by molar-refractivity contribution is -0.137. The quantitative estimate of drug-likeness (QED) is 0.698. The van der Waals surface area contributed by atoms with Gasteiger partial charge in [-0.2, -0.15) is 5.10 Å². The first kappa shape index (κ1) is 15.2. The summed E-state index contributed by atoms with van der Waals surface area (Å²) in [5.41, 5.74) is 1.47. The molecule has 0 aromatic carbocycles. The van der Waals surface area contributed by atoms with E-state index in [0.717, 1.165) is 12.1 Å². The van der Waals surface area contributed by atoms with Gasteiger partial charge in [-0.05, 0) is 32.3 Å². The molecular weight excluding hydrogens is 246 g/mol. The fourth-order valence-corrected chi connectivity index (χ4v) is 1.76. The summed E-state index contributed by atoms with van der Waals surface area (Å²) in [6, 6.07) is 1.80. The molecule has 2 N–H and O–H groups in total. The highest BCUT2D eigenvalue weighted by Gasteiger charge is 2.13. The Morgan fingerprint density at radius 1 is 1.37 bits per heavy atom. The molecule has 6 nitrogen and oxygen atoms in total. The Labute approximate surface area is 112 Å². The third kappa shape index (κ3) is 4.73. The van der Waals surface area contributed by atoms with E-state index in [2.05, 4.69) is 10.4 Å². The number of amides is 1. The van der Waals surface area contributed by atoms with E-state index in [1.54, 1.807) is 10.7 Å². The zero-order valence-corrected chi connectivity index (χ0v) is 11.5. The maximum absolute atomic E-state index is 12.0. The van der Waals surface area contributed by atoms with Gasteiger partial charge >= 0.3 is 5.97 Å². The number of aliphatic carboxylic acids is 1. The maximum atomic E-state index is 12.0. The van der Waals surface area contributed by atoms with Crippen molar-refractivity contribution in [1.29, 1.82) is 0 Å². The molecule has 0 saturated heterocycles. The Morgan fingerprint density at radius 2 is 2.11 bits per heavy atom. The predicted molar refractivity (Wildman–Crippen MR) is 71.1 cm³/mol. The summed E-state index contributed by atoms with van der Waals surface area (Å²) in [5.74, 6) is -0.952. The molecule has 0 radical (unpaired) electrons. The van der Waals surface area contributed by atoms with Crippen LogP contribution in [0.15, 0.2) is 6.07 Å². The van der Waals surface area contributed by atoms with Crippen molar-refractivity contribution in [1.82, 2.24) is 15.1 Å². The van der Waals surface area contributed by atoms with Crippen LogP contribution < -0.4 is 5.32 Å². The normalized spacial score (nSPS) is 10.4. The van der Waals surface area contributed by atoms with Crippen LogP contribution in [-0.2, 0) is 17.8 Å². The molecule has 106 valence electrons. The Kier molecular flexibility index (Phi) is 6.05. The number of aromatic nitrogens is 2. The van der Waals surface area contributed by atoms with E-state index in [1.807, 2.05) is 13.8 Å².